The van der Waals surface area contributed by atoms with E-state index in [9.17, 15) is 9.59 Å². The average molecular weight is 650 g/mol. The van der Waals surface area contributed by atoms with Gasteiger partial charge < -0.3 is 23.7 Å². The number of nitrogens with one attached hydrogen (secondary N) is 1. The monoisotopic (exact) mass is 648 g/mol. The first-order valence-electron chi connectivity index (χ1n) is 11.2. The maximum Gasteiger partial charge on any atom is 0.343 e. The van der Waals surface area contributed by atoms with Gasteiger partial charge in [0.1, 0.15) is 5.75 Å². The van der Waals surface area contributed by atoms with Gasteiger partial charge in [-0.3, -0.25) is 4.79 Å². The Morgan fingerprint density at radius 3 is 2.21 bits per heavy atom. The molecule has 0 radical (unpaired) electrons. The minimum Gasteiger partial charge on any atom is -0.493 e. The van der Waals surface area contributed by atoms with Crippen LogP contribution < -0.4 is 29.1 Å². The van der Waals surface area contributed by atoms with Crippen LogP contribution in [0.3, 0.4) is 0 Å². The van der Waals surface area contributed by atoms with Gasteiger partial charge in [0.05, 0.1) is 37.6 Å². The molecular weight excluding hydrogens is 624 g/mol. The number of amides is 1. The predicted molar refractivity (Wildman–Crippen MR) is 150 cm³/mol. The first-order chi connectivity index (χ1) is 18.2. The second-order valence-electron chi connectivity index (χ2n) is 7.96. The largest absolute Gasteiger partial charge is 0.493 e. The summed E-state index contributed by atoms with van der Waals surface area (Å²) in [6.45, 7) is 3.63. The zero-order valence-corrected chi connectivity index (χ0v) is 24.6. The summed E-state index contributed by atoms with van der Waals surface area (Å²) in [6, 6.07) is 12.1. The third kappa shape index (κ3) is 7.26. The van der Waals surface area contributed by atoms with Gasteiger partial charge in [0.25, 0.3) is 5.91 Å². The second-order valence-corrected chi connectivity index (χ2v) is 9.73. The van der Waals surface area contributed by atoms with Crippen molar-refractivity contribution < 1.29 is 33.3 Å². The molecule has 11 heteroatoms. The van der Waals surface area contributed by atoms with Crippen molar-refractivity contribution in [2.24, 2.45) is 5.10 Å². The van der Waals surface area contributed by atoms with Gasteiger partial charge in [-0.25, -0.2) is 10.2 Å². The molecule has 3 rings (SSSR count). The molecule has 3 aromatic rings. The molecule has 0 saturated carbocycles. The van der Waals surface area contributed by atoms with Crippen LogP contribution in [0.15, 0.2) is 56.5 Å². The molecule has 38 heavy (non-hydrogen) atoms. The Morgan fingerprint density at radius 2 is 1.58 bits per heavy atom. The number of hydrogen-bond acceptors (Lipinski definition) is 8. The Balaban J connectivity index is 1.76. The number of benzene rings is 3. The van der Waals surface area contributed by atoms with E-state index in [0.29, 0.717) is 37.5 Å². The normalized spacial score (nSPS) is 10.7. The number of hydrazone groups is 1. The van der Waals surface area contributed by atoms with Crippen molar-refractivity contribution in [2.75, 3.05) is 27.9 Å². The lowest BCUT2D eigenvalue weighted by atomic mass is 10.1. The van der Waals surface area contributed by atoms with E-state index in [1.165, 1.54) is 39.7 Å². The summed E-state index contributed by atoms with van der Waals surface area (Å²) < 4.78 is 28.4. The highest BCUT2D eigenvalue weighted by atomic mass is 79.9. The molecule has 0 aliphatic heterocycles. The van der Waals surface area contributed by atoms with Crippen LogP contribution in [-0.4, -0.2) is 46.0 Å². The Bertz CT molecular complexity index is 1350. The standard InChI is InChI=1S/C27H26Br2N2O7/c1-15-6-7-16(2)21(8-15)37-14-24(32)31-30-13-18-9-19(28)12-20(29)25(18)38-27(33)17-10-22(34-3)26(36-5)23(11-17)35-4/h6-13H,14H2,1-5H3,(H,31,32)/b30-13-. The van der Waals surface area contributed by atoms with Crippen molar-refractivity contribution in [3.05, 3.63) is 73.7 Å². The first kappa shape index (κ1) is 29.0. The van der Waals surface area contributed by atoms with E-state index in [1.54, 1.807) is 12.1 Å². The van der Waals surface area contributed by atoms with Crippen LogP contribution in [-0.2, 0) is 4.79 Å². The average Bonchev–Trinajstić information content (AvgIpc) is 2.89. The smallest absolute Gasteiger partial charge is 0.343 e. The minimum atomic E-state index is -0.673. The number of esters is 1. The SMILES string of the molecule is COc1cc(C(=O)Oc2c(Br)cc(Br)cc2/C=N\NC(=O)COc2cc(C)ccc2C)cc(OC)c1OC. The molecule has 0 spiro atoms. The number of ether oxygens (including phenoxy) is 5. The van der Waals surface area contributed by atoms with Crippen molar-refractivity contribution >= 4 is 50.0 Å². The van der Waals surface area contributed by atoms with Crippen molar-refractivity contribution in [3.8, 4) is 28.7 Å². The van der Waals surface area contributed by atoms with Crippen LogP contribution >= 0.6 is 31.9 Å². The maximum absolute atomic E-state index is 13.1. The molecule has 0 aromatic heterocycles. The molecule has 0 atom stereocenters. The minimum absolute atomic E-state index is 0.175. The van der Waals surface area contributed by atoms with Gasteiger partial charge in [-0.2, -0.15) is 5.10 Å². The first-order valence-corrected chi connectivity index (χ1v) is 12.8. The van der Waals surface area contributed by atoms with Gasteiger partial charge in [0, 0.05) is 10.0 Å². The highest BCUT2D eigenvalue weighted by Gasteiger charge is 2.20. The molecule has 0 fully saturated rings. The Morgan fingerprint density at radius 1 is 0.895 bits per heavy atom. The molecule has 0 aliphatic carbocycles. The molecule has 0 bridgehead atoms. The molecule has 200 valence electrons. The van der Waals surface area contributed by atoms with Gasteiger partial charge >= 0.3 is 5.97 Å². The number of carbonyl (C=O) groups is 2. The van der Waals surface area contributed by atoms with E-state index >= 15 is 0 Å². The molecule has 0 unspecified atom stereocenters. The van der Waals surface area contributed by atoms with E-state index in [1.807, 2.05) is 32.0 Å². The molecular formula is C27H26Br2N2O7. The summed E-state index contributed by atoms with van der Waals surface area (Å²) in [4.78, 5) is 25.3. The highest BCUT2D eigenvalue weighted by Crippen LogP contribution is 2.39. The summed E-state index contributed by atoms with van der Waals surface area (Å²) in [5.41, 5.74) is 4.96. The fourth-order valence-corrected chi connectivity index (χ4v) is 4.69. The Kier molecular flexibility index (Phi) is 10.1. The van der Waals surface area contributed by atoms with Gasteiger partial charge in [-0.05, 0) is 71.2 Å². The van der Waals surface area contributed by atoms with Gasteiger partial charge in [0.15, 0.2) is 23.9 Å². The van der Waals surface area contributed by atoms with Crippen LogP contribution in [0, 0.1) is 13.8 Å². The second kappa shape index (κ2) is 13.3. The van der Waals surface area contributed by atoms with Crippen molar-refractivity contribution in [1.29, 1.82) is 0 Å². The van der Waals surface area contributed by atoms with Crippen molar-refractivity contribution in [3.63, 3.8) is 0 Å². The number of carbonyl (C=O) groups excluding carboxylic acids is 2. The van der Waals surface area contributed by atoms with Crippen LogP contribution in [0.2, 0.25) is 0 Å². The molecule has 1 N–H and O–H groups in total. The number of halogens is 2. The summed E-state index contributed by atoms with van der Waals surface area (Å²) >= 11 is 6.83. The number of rotatable bonds is 10. The maximum atomic E-state index is 13.1. The van der Waals surface area contributed by atoms with E-state index in [4.69, 9.17) is 23.7 Å². The van der Waals surface area contributed by atoms with Crippen molar-refractivity contribution in [1.82, 2.24) is 5.43 Å². The molecule has 3 aromatic carbocycles. The lowest BCUT2D eigenvalue weighted by Gasteiger charge is -2.15. The third-order valence-electron chi connectivity index (χ3n) is 5.23. The topological polar surface area (TPSA) is 105 Å². The molecule has 0 saturated heterocycles. The van der Waals surface area contributed by atoms with Crippen LogP contribution in [0.25, 0.3) is 0 Å². The van der Waals surface area contributed by atoms with E-state index in [2.05, 4.69) is 42.4 Å². The van der Waals surface area contributed by atoms with E-state index < -0.39 is 11.9 Å². The van der Waals surface area contributed by atoms with Crippen molar-refractivity contribution in [2.45, 2.75) is 13.8 Å². The van der Waals surface area contributed by atoms with Gasteiger partial charge in [-0.15, -0.1) is 0 Å². The fraction of sp³-hybridized carbons (Fsp3) is 0.222. The fourth-order valence-electron chi connectivity index (χ4n) is 3.35. The van der Waals surface area contributed by atoms with Gasteiger partial charge in [-0.1, -0.05) is 28.1 Å². The highest BCUT2D eigenvalue weighted by molar-refractivity contribution is 9.11. The Hall–Kier alpha value is -3.57. The van der Waals surface area contributed by atoms with Gasteiger partial charge in [0.2, 0.25) is 5.75 Å². The summed E-state index contributed by atoms with van der Waals surface area (Å²) in [6.07, 6.45) is 1.36. The predicted octanol–water partition coefficient (Wildman–Crippen LogP) is 5.60. The zero-order valence-electron chi connectivity index (χ0n) is 21.4. The summed E-state index contributed by atoms with van der Waals surface area (Å²) in [7, 11) is 4.37. The zero-order chi connectivity index (χ0) is 27.8. The molecule has 9 nitrogen and oxygen atoms in total. The lowest BCUT2D eigenvalue weighted by molar-refractivity contribution is -0.123. The van der Waals surface area contributed by atoms with Crippen LogP contribution in [0.4, 0.5) is 0 Å². The summed E-state index contributed by atoms with van der Waals surface area (Å²) in [5.74, 6) is 0.654. The third-order valence-corrected chi connectivity index (χ3v) is 6.27. The van der Waals surface area contributed by atoms with E-state index in [-0.39, 0.29) is 17.9 Å². The number of hydrogen-bond donors (Lipinski definition) is 1. The van der Waals surface area contributed by atoms with E-state index in [0.717, 1.165) is 11.1 Å². The molecule has 0 aliphatic rings. The summed E-state index contributed by atoms with van der Waals surface area (Å²) in [5, 5.41) is 4.00. The quantitative estimate of drug-likeness (QED) is 0.132. The molecule has 1 amide bonds. The van der Waals surface area contributed by atoms with Crippen LogP contribution in [0.1, 0.15) is 27.0 Å². The number of nitrogens with zero attached hydrogens (tertiary/aromatic N) is 1. The lowest BCUT2D eigenvalue weighted by Crippen LogP contribution is -2.24. The van der Waals surface area contributed by atoms with Crippen LogP contribution in [0.5, 0.6) is 28.7 Å². The molecule has 0 heterocycles. The number of methoxy groups -OCH3 is 3. The number of aryl methyl sites for hydroxylation is 2. The Labute approximate surface area is 237 Å².